The van der Waals surface area contributed by atoms with Gasteiger partial charge in [0, 0.05) is 11.6 Å². The molecule has 0 bridgehead atoms. The van der Waals surface area contributed by atoms with E-state index in [1.807, 2.05) is 6.07 Å². The van der Waals surface area contributed by atoms with Crippen molar-refractivity contribution in [3.05, 3.63) is 28.9 Å². The van der Waals surface area contributed by atoms with E-state index in [1.54, 1.807) is 0 Å². The van der Waals surface area contributed by atoms with Gasteiger partial charge in [-0.2, -0.15) is 5.10 Å². The normalized spacial score (nSPS) is 19.9. The number of rotatable bonds is 3. The van der Waals surface area contributed by atoms with Crippen LogP contribution in [0, 0.1) is 17.7 Å². The number of aromatic nitrogens is 3. The summed E-state index contributed by atoms with van der Waals surface area (Å²) in [6.45, 7) is 0. The van der Waals surface area contributed by atoms with Crippen LogP contribution >= 0.6 is 11.6 Å². The summed E-state index contributed by atoms with van der Waals surface area (Å²) in [4.78, 5) is 4.46. The Balaban J connectivity index is 1.85. The molecule has 0 radical (unpaired) electrons. The molecule has 2 aromatic heterocycles. The predicted molar refractivity (Wildman–Crippen MR) is 66.1 cm³/mol. The van der Waals surface area contributed by atoms with E-state index in [1.165, 1.54) is 36.4 Å². The molecule has 2 heterocycles. The minimum atomic E-state index is -0.399. The van der Waals surface area contributed by atoms with Crippen molar-refractivity contribution < 1.29 is 4.39 Å². The summed E-state index contributed by atoms with van der Waals surface area (Å²) in [7, 11) is 0. The Morgan fingerprint density at radius 3 is 2.56 bits per heavy atom. The molecule has 3 nitrogen and oxygen atoms in total. The van der Waals surface area contributed by atoms with Gasteiger partial charge in [0.1, 0.15) is 5.15 Å². The molecule has 2 saturated carbocycles. The highest BCUT2D eigenvalue weighted by Crippen LogP contribution is 2.54. The van der Waals surface area contributed by atoms with Crippen LogP contribution in [0.4, 0.5) is 4.39 Å². The zero-order valence-electron chi connectivity index (χ0n) is 9.81. The highest BCUT2D eigenvalue weighted by atomic mass is 35.5. The van der Waals surface area contributed by atoms with Crippen molar-refractivity contribution in [3.63, 3.8) is 0 Å². The van der Waals surface area contributed by atoms with Crippen molar-refractivity contribution in [2.45, 2.75) is 31.6 Å². The van der Waals surface area contributed by atoms with E-state index in [4.69, 9.17) is 11.6 Å². The molecule has 0 saturated heterocycles. The van der Waals surface area contributed by atoms with Gasteiger partial charge in [0.15, 0.2) is 11.5 Å². The third kappa shape index (κ3) is 1.62. The Morgan fingerprint density at radius 1 is 1.28 bits per heavy atom. The average Bonchev–Trinajstić information content (AvgIpc) is 3.23. The second-order valence-electron chi connectivity index (χ2n) is 5.43. The third-order valence-corrected chi connectivity index (χ3v) is 4.28. The predicted octanol–water partition coefficient (Wildman–Crippen LogP) is 3.43. The number of fused-ring (bicyclic) bond motifs is 1. The Labute approximate surface area is 109 Å². The van der Waals surface area contributed by atoms with E-state index in [0.717, 1.165) is 17.5 Å². The van der Waals surface area contributed by atoms with E-state index < -0.39 is 5.82 Å². The van der Waals surface area contributed by atoms with Gasteiger partial charge in [0.05, 0.1) is 6.20 Å². The molecule has 4 rings (SSSR count). The number of halogens is 2. The van der Waals surface area contributed by atoms with Gasteiger partial charge in [-0.05, 0) is 43.6 Å². The summed E-state index contributed by atoms with van der Waals surface area (Å²) >= 11 is 6.16. The van der Waals surface area contributed by atoms with Crippen LogP contribution in [0.15, 0.2) is 12.3 Å². The van der Waals surface area contributed by atoms with Crippen molar-refractivity contribution >= 4 is 17.2 Å². The first-order valence-electron chi connectivity index (χ1n) is 6.43. The Bertz CT molecular complexity index is 604. The highest BCUT2D eigenvalue weighted by molar-refractivity contribution is 6.29. The molecular weight excluding hydrogens is 253 g/mol. The molecule has 18 heavy (non-hydrogen) atoms. The highest BCUT2D eigenvalue weighted by Gasteiger charge is 2.43. The molecule has 0 amide bonds. The molecule has 0 aromatic carbocycles. The number of hydrogen-bond acceptors (Lipinski definition) is 2. The van der Waals surface area contributed by atoms with Crippen LogP contribution in [0.1, 0.15) is 37.3 Å². The third-order valence-electron chi connectivity index (χ3n) is 4.01. The molecule has 0 atom stereocenters. The minimum Gasteiger partial charge on any atom is -0.231 e. The van der Waals surface area contributed by atoms with Crippen LogP contribution in [-0.4, -0.2) is 14.6 Å². The SMILES string of the molecule is Fc1cnn2c(Cl)cc(C(C3CC3)C3CC3)nc12. The van der Waals surface area contributed by atoms with Gasteiger partial charge < -0.3 is 0 Å². The smallest absolute Gasteiger partial charge is 0.193 e. The first kappa shape index (κ1) is 10.7. The zero-order chi connectivity index (χ0) is 12.3. The first-order chi connectivity index (χ1) is 8.74. The molecule has 0 spiro atoms. The quantitative estimate of drug-likeness (QED) is 0.796. The monoisotopic (exact) mass is 265 g/mol. The van der Waals surface area contributed by atoms with Crippen LogP contribution < -0.4 is 0 Å². The molecule has 94 valence electrons. The van der Waals surface area contributed by atoms with Crippen molar-refractivity contribution in [3.8, 4) is 0 Å². The van der Waals surface area contributed by atoms with Gasteiger partial charge in [0.2, 0.25) is 0 Å². The van der Waals surface area contributed by atoms with Crippen LogP contribution in [0.25, 0.3) is 5.65 Å². The Morgan fingerprint density at radius 2 is 1.94 bits per heavy atom. The summed E-state index contributed by atoms with van der Waals surface area (Å²) in [5.74, 6) is 1.54. The van der Waals surface area contributed by atoms with E-state index in [0.29, 0.717) is 11.1 Å². The standard InChI is InChI=1S/C13H13ClFN3/c14-11-5-10(12(7-1-2-7)8-3-4-8)17-13-9(15)6-16-18(11)13/h5-8,12H,1-4H2. The van der Waals surface area contributed by atoms with E-state index >= 15 is 0 Å². The molecule has 2 aliphatic carbocycles. The summed E-state index contributed by atoms with van der Waals surface area (Å²) in [6.07, 6.45) is 6.25. The van der Waals surface area contributed by atoms with Gasteiger partial charge in [0.25, 0.3) is 0 Å². The number of nitrogens with zero attached hydrogens (tertiary/aromatic N) is 3. The second-order valence-corrected chi connectivity index (χ2v) is 5.82. The zero-order valence-corrected chi connectivity index (χ0v) is 10.6. The van der Waals surface area contributed by atoms with Gasteiger partial charge in [-0.15, -0.1) is 0 Å². The van der Waals surface area contributed by atoms with E-state index in [9.17, 15) is 4.39 Å². The van der Waals surface area contributed by atoms with Crippen molar-refractivity contribution in [2.24, 2.45) is 11.8 Å². The van der Waals surface area contributed by atoms with Gasteiger partial charge in [-0.25, -0.2) is 13.9 Å². The maximum absolute atomic E-state index is 13.6. The summed E-state index contributed by atoms with van der Waals surface area (Å²) in [5.41, 5.74) is 1.21. The lowest BCUT2D eigenvalue weighted by molar-refractivity contribution is 0.523. The molecule has 0 N–H and O–H groups in total. The molecule has 2 aliphatic rings. The topological polar surface area (TPSA) is 30.2 Å². The molecule has 0 unspecified atom stereocenters. The maximum atomic E-state index is 13.6. The first-order valence-corrected chi connectivity index (χ1v) is 6.81. The molecule has 2 aromatic rings. The van der Waals surface area contributed by atoms with Gasteiger partial charge in [-0.3, -0.25) is 0 Å². The van der Waals surface area contributed by atoms with Gasteiger partial charge in [-0.1, -0.05) is 11.6 Å². The lowest BCUT2D eigenvalue weighted by Crippen LogP contribution is -2.08. The Kier molecular flexibility index (Phi) is 2.19. The lowest BCUT2D eigenvalue weighted by atomic mass is 9.94. The summed E-state index contributed by atoms with van der Waals surface area (Å²) < 4.78 is 15.0. The fourth-order valence-corrected chi connectivity index (χ4v) is 3.10. The molecule has 0 aliphatic heterocycles. The molecule has 5 heteroatoms. The van der Waals surface area contributed by atoms with Gasteiger partial charge >= 0.3 is 0 Å². The fourth-order valence-electron chi connectivity index (χ4n) is 2.87. The minimum absolute atomic E-state index is 0.254. The molecule has 2 fully saturated rings. The van der Waals surface area contributed by atoms with Crippen LogP contribution in [0.5, 0.6) is 0 Å². The Hall–Kier alpha value is -1.16. The van der Waals surface area contributed by atoms with Crippen LogP contribution in [-0.2, 0) is 0 Å². The second kappa shape index (κ2) is 3.67. The summed E-state index contributed by atoms with van der Waals surface area (Å²) in [5, 5.41) is 4.34. The summed E-state index contributed by atoms with van der Waals surface area (Å²) in [6, 6.07) is 1.86. The van der Waals surface area contributed by atoms with E-state index in [-0.39, 0.29) is 5.65 Å². The van der Waals surface area contributed by atoms with Crippen molar-refractivity contribution in [2.75, 3.05) is 0 Å². The number of hydrogen-bond donors (Lipinski definition) is 0. The largest absolute Gasteiger partial charge is 0.231 e. The average molecular weight is 266 g/mol. The van der Waals surface area contributed by atoms with Crippen LogP contribution in [0.2, 0.25) is 5.15 Å². The maximum Gasteiger partial charge on any atom is 0.193 e. The lowest BCUT2D eigenvalue weighted by Gasteiger charge is -2.15. The van der Waals surface area contributed by atoms with Crippen molar-refractivity contribution in [1.82, 2.24) is 14.6 Å². The fraction of sp³-hybridized carbons (Fsp3) is 0.538. The van der Waals surface area contributed by atoms with E-state index in [2.05, 4.69) is 10.1 Å². The van der Waals surface area contributed by atoms with Crippen molar-refractivity contribution in [1.29, 1.82) is 0 Å². The van der Waals surface area contributed by atoms with Crippen LogP contribution in [0.3, 0.4) is 0 Å². The molecular formula is C13H13ClFN3.